The van der Waals surface area contributed by atoms with Crippen LogP contribution in [-0.2, 0) is 5.41 Å². The predicted molar refractivity (Wildman–Crippen MR) is 81.0 cm³/mol. The zero-order valence-electron chi connectivity index (χ0n) is 12.0. The SMILES string of the molecule is COc1c(Br)cc(C2(CN)CCCCC2)c(OC)c1F. The first-order chi connectivity index (χ1) is 9.59. The largest absolute Gasteiger partial charge is 0.493 e. The fourth-order valence-electron chi connectivity index (χ4n) is 3.18. The van der Waals surface area contributed by atoms with E-state index in [1.165, 1.54) is 20.6 Å². The molecule has 1 aromatic rings. The van der Waals surface area contributed by atoms with Crippen LogP contribution in [0.3, 0.4) is 0 Å². The Morgan fingerprint density at radius 2 is 1.80 bits per heavy atom. The molecule has 0 amide bonds. The molecule has 1 fully saturated rings. The van der Waals surface area contributed by atoms with Crippen LogP contribution in [0, 0.1) is 5.82 Å². The van der Waals surface area contributed by atoms with Crippen LogP contribution in [-0.4, -0.2) is 20.8 Å². The highest BCUT2D eigenvalue weighted by molar-refractivity contribution is 9.10. The second kappa shape index (κ2) is 6.31. The number of halogens is 2. The van der Waals surface area contributed by atoms with Crippen molar-refractivity contribution in [1.29, 1.82) is 0 Å². The van der Waals surface area contributed by atoms with Crippen molar-refractivity contribution in [1.82, 2.24) is 0 Å². The van der Waals surface area contributed by atoms with Gasteiger partial charge in [0.2, 0.25) is 5.82 Å². The average Bonchev–Trinajstić information content (AvgIpc) is 2.48. The minimum atomic E-state index is -0.460. The highest BCUT2D eigenvalue weighted by Gasteiger charge is 2.37. The molecular weight excluding hydrogens is 325 g/mol. The lowest BCUT2D eigenvalue weighted by Gasteiger charge is -2.38. The van der Waals surface area contributed by atoms with Gasteiger partial charge in [-0.05, 0) is 34.8 Å². The molecule has 0 heterocycles. The van der Waals surface area contributed by atoms with Gasteiger partial charge in [0.05, 0.1) is 18.7 Å². The summed E-state index contributed by atoms with van der Waals surface area (Å²) in [5.74, 6) is -0.0243. The number of rotatable bonds is 4. The van der Waals surface area contributed by atoms with Gasteiger partial charge >= 0.3 is 0 Å². The molecule has 1 aliphatic carbocycles. The van der Waals surface area contributed by atoms with Crippen LogP contribution in [0.2, 0.25) is 0 Å². The van der Waals surface area contributed by atoms with Crippen LogP contribution < -0.4 is 15.2 Å². The summed E-state index contributed by atoms with van der Waals surface area (Å²) in [4.78, 5) is 0. The van der Waals surface area contributed by atoms with Gasteiger partial charge in [0.25, 0.3) is 0 Å². The molecule has 0 spiro atoms. The molecule has 0 radical (unpaired) electrons. The molecule has 0 saturated heterocycles. The fraction of sp³-hybridized carbons (Fsp3) is 0.600. The summed E-state index contributed by atoms with van der Waals surface area (Å²) in [6.07, 6.45) is 5.39. The molecule has 0 aromatic heterocycles. The highest BCUT2D eigenvalue weighted by Crippen LogP contribution is 2.47. The Kier molecular flexibility index (Phi) is 4.91. The minimum Gasteiger partial charge on any atom is -0.493 e. The predicted octanol–water partition coefficient (Wildman–Crippen LogP) is 3.77. The summed E-state index contributed by atoms with van der Waals surface area (Å²) < 4.78 is 25.6. The standard InChI is InChI=1S/C15H21BrFNO2/c1-19-13-10(8-11(16)14(20-2)12(13)17)15(9-18)6-4-3-5-7-15/h8H,3-7,9,18H2,1-2H3. The zero-order valence-corrected chi connectivity index (χ0v) is 13.6. The van der Waals surface area contributed by atoms with Crippen LogP contribution in [0.15, 0.2) is 10.5 Å². The normalized spacial score (nSPS) is 17.9. The maximum Gasteiger partial charge on any atom is 0.208 e. The van der Waals surface area contributed by atoms with Crippen LogP contribution >= 0.6 is 15.9 Å². The lowest BCUT2D eigenvalue weighted by Crippen LogP contribution is -2.37. The van der Waals surface area contributed by atoms with E-state index in [1.54, 1.807) is 0 Å². The number of nitrogens with two attached hydrogens (primary N) is 1. The number of benzene rings is 1. The number of hydrogen-bond acceptors (Lipinski definition) is 3. The average molecular weight is 346 g/mol. The first kappa shape index (κ1) is 15.6. The Bertz CT molecular complexity index is 487. The lowest BCUT2D eigenvalue weighted by atomic mass is 9.69. The number of ether oxygens (including phenoxy) is 2. The van der Waals surface area contributed by atoms with Crippen molar-refractivity contribution in [3.8, 4) is 11.5 Å². The molecule has 3 nitrogen and oxygen atoms in total. The third kappa shape index (κ3) is 2.53. The Morgan fingerprint density at radius 3 is 2.30 bits per heavy atom. The summed E-state index contributed by atoms with van der Waals surface area (Å²) in [6, 6.07) is 1.90. The second-order valence-electron chi connectivity index (χ2n) is 5.33. The van der Waals surface area contributed by atoms with E-state index < -0.39 is 5.82 Å². The van der Waals surface area contributed by atoms with E-state index in [-0.39, 0.29) is 16.9 Å². The monoisotopic (exact) mass is 345 g/mol. The van der Waals surface area contributed by atoms with Crippen molar-refractivity contribution in [3.05, 3.63) is 21.9 Å². The molecule has 1 saturated carbocycles. The molecule has 0 aliphatic heterocycles. The molecule has 0 bridgehead atoms. The summed E-state index contributed by atoms with van der Waals surface area (Å²) in [6.45, 7) is 0.502. The molecule has 1 aliphatic rings. The summed E-state index contributed by atoms with van der Waals surface area (Å²) in [7, 11) is 2.93. The van der Waals surface area contributed by atoms with E-state index in [0.717, 1.165) is 31.2 Å². The molecule has 1 aromatic carbocycles. The van der Waals surface area contributed by atoms with Gasteiger partial charge < -0.3 is 15.2 Å². The topological polar surface area (TPSA) is 44.5 Å². The van der Waals surface area contributed by atoms with Gasteiger partial charge in [-0.15, -0.1) is 0 Å². The van der Waals surface area contributed by atoms with Gasteiger partial charge in [0.15, 0.2) is 11.5 Å². The Labute approximate surface area is 127 Å². The summed E-state index contributed by atoms with van der Waals surface area (Å²) in [5.41, 5.74) is 6.70. The van der Waals surface area contributed by atoms with Crippen molar-refractivity contribution in [2.24, 2.45) is 5.73 Å². The fourth-order valence-corrected chi connectivity index (χ4v) is 3.74. The molecule has 0 atom stereocenters. The summed E-state index contributed by atoms with van der Waals surface area (Å²) >= 11 is 3.38. The van der Waals surface area contributed by atoms with Gasteiger partial charge in [-0.25, -0.2) is 0 Å². The third-order valence-electron chi connectivity index (χ3n) is 4.31. The van der Waals surface area contributed by atoms with Gasteiger partial charge in [0.1, 0.15) is 0 Å². The van der Waals surface area contributed by atoms with E-state index in [1.807, 2.05) is 6.07 Å². The molecule has 0 unspecified atom stereocenters. The van der Waals surface area contributed by atoms with Crippen molar-refractivity contribution in [2.75, 3.05) is 20.8 Å². The second-order valence-corrected chi connectivity index (χ2v) is 6.19. The van der Waals surface area contributed by atoms with Gasteiger partial charge in [-0.2, -0.15) is 4.39 Å². The van der Waals surface area contributed by atoms with E-state index >= 15 is 0 Å². The number of hydrogen-bond donors (Lipinski definition) is 1. The van der Waals surface area contributed by atoms with Crippen LogP contribution in [0.1, 0.15) is 37.7 Å². The smallest absolute Gasteiger partial charge is 0.208 e. The van der Waals surface area contributed by atoms with E-state index in [2.05, 4.69) is 15.9 Å². The van der Waals surface area contributed by atoms with Gasteiger partial charge in [-0.3, -0.25) is 0 Å². The zero-order chi connectivity index (χ0) is 14.8. The summed E-state index contributed by atoms with van der Waals surface area (Å²) in [5, 5.41) is 0. The maximum atomic E-state index is 14.5. The van der Waals surface area contributed by atoms with Crippen molar-refractivity contribution in [2.45, 2.75) is 37.5 Å². The molecule has 20 heavy (non-hydrogen) atoms. The van der Waals surface area contributed by atoms with Crippen molar-refractivity contribution >= 4 is 15.9 Å². The highest BCUT2D eigenvalue weighted by atomic mass is 79.9. The Morgan fingerprint density at radius 1 is 1.20 bits per heavy atom. The first-order valence-corrected chi connectivity index (χ1v) is 7.69. The van der Waals surface area contributed by atoms with Crippen LogP contribution in [0.4, 0.5) is 4.39 Å². The Hall–Kier alpha value is -0.810. The molecular formula is C15H21BrFNO2. The van der Waals surface area contributed by atoms with Crippen molar-refractivity contribution < 1.29 is 13.9 Å². The Balaban J connectivity index is 2.60. The first-order valence-electron chi connectivity index (χ1n) is 6.90. The molecule has 2 N–H and O–H groups in total. The minimum absolute atomic E-state index is 0.175. The van der Waals surface area contributed by atoms with Crippen LogP contribution in [0.25, 0.3) is 0 Å². The third-order valence-corrected chi connectivity index (χ3v) is 4.90. The van der Waals surface area contributed by atoms with E-state index in [0.29, 0.717) is 11.0 Å². The van der Waals surface area contributed by atoms with Crippen molar-refractivity contribution in [3.63, 3.8) is 0 Å². The molecule has 112 valence electrons. The van der Waals surface area contributed by atoms with Gasteiger partial charge in [-0.1, -0.05) is 19.3 Å². The molecule has 5 heteroatoms. The van der Waals surface area contributed by atoms with Gasteiger partial charge in [0, 0.05) is 17.5 Å². The number of methoxy groups -OCH3 is 2. The maximum absolute atomic E-state index is 14.5. The quantitative estimate of drug-likeness (QED) is 0.903. The molecule has 2 rings (SSSR count). The van der Waals surface area contributed by atoms with E-state index in [9.17, 15) is 4.39 Å². The van der Waals surface area contributed by atoms with E-state index in [4.69, 9.17) is 15.2 Å². The van der Waals surface area contributed by atoms with Crippen LogP contribution in [0.5, 0.6) is 11.5 Å². The lowest BCUT2D eigenvalue weighted by molar-refractivity contribution is 0.279.